The number of carbonyl (C=O) groups is 2. The Kier molecular flexibility index (Phi) is 5.14. The largest absolute Gasteiger partial charge is 0.481 e. The molecular formula is C14H18ClN3O3. The fourth-order valence-corrected chi connectivity index (χ4v) is 2.52. The maximum Gasteiger partial charge on any atom is 0.307 e. The molecule has 2 unspecified atom stereocenters. The van der Waals surface area contributed by atoms with Crippen molar-refractivity contribution in [2.24, 2.45) is 5.92 Å². The number of pyridine rings is 1. The van der Waals surface area contributed by atoms with Crippen LogP contribution in [0.15, 0.2) is 18.3 Å². The van der Waals surface area contributed by atoms with Gasteiger partial charge in [0.15, 0.2) is 0 Å². The Balaban J connectivity index is 1.95. The maximum atomic E-state index is 12.2. The van der Waals surface area contributed by atoms with Gasteiger partial charge < -0.3 is 10.4 Å². The molecule has 7 heteroatoms. The van der Waals surface area contributed by atoms with Crippen LogP contribution in [0, 0.1) is 5.92 Å². The molecule has 114 valence electrons. The van der Waals surface area contributed by atoms with Gasteiger partial charge in [-0.15, -0.1) is 0 Å². The summed E-state index contributed by atoms with van der Waals surface area (Å²) in [5.74, 6) is -0.965. The van der Waals surface area contributed by atoms with E-state index < -0.39 is 17.9 Å². The summed E-state index contributed by atoms with van der Waals surface area (Å²) < 4.78 is 0. The molecule has 2 atom stereocenters. The van der Waals surface area contributed by atoms with Gasteiger partial charge in [-0.3, -0.25) is 14.5 Å². The van der Waals surface area contributed by atoms with Gasteiger partial charge in [0.2, 0.25) is 5.91 Å². The first-order valence-corrected chi connectivity index (χ1v) is 7.24. The summed E-state index contributed by atoms with van der Waals surface area (Å²) in [4.78, 5) is 29.2. The number of nitrogens with zero attached hydrogens (tertiary/aromatic N) is 2. The lowest BCUT2D eigenvalue weighted by Crippen LogP contribution is -2.48. The fraction of sp³-hybridized carbons (Fsp3) is 0.500. The molecule has 1 aromatic rings. The summed E-state index contributed by atoms with van der Waals surface area (Å²) in [6, 6.07) is 2.88. The topological polar surface area (TPSA) is 82.5 Å². The number of rotatable bonds is 4. The molecule has 0 aliphatic carbocycles. The molecule has 21 heavy (non-hydrogen) atoms. The summed E-state index contributed by atoms with van der Waals surface area (Å²) in [6.45, 7) is 2.90. The number of aromatic nitrogens is 1. The van der Waals surface area contributed by atoms with E-state index in [0.29, 0.717) is 23.8 Å². The van der Waals surface area contributed by atoms with Crippen LogP contribution >= 0.6 is 11.6 Å². The van der Waals surface area contributed by atoms with Gasteiger partial charge in [-0.25, -0.2) is 4.98 Å². The summed E-state index contributed by atoms with van der Waals surface area (Å²) in [5, 5.41) is 12.3. The van der Waals surface area contributed by atoms with Crippen molar-refractivity contribution in [3.05, 3.63) is 23.4 Å². The van der Waals surface area contributed by atoms with Crippen LogP contribution in [0.5, 0.6) is 0 Å². The van der Waals surface area contributed by atoms with Crippen molar-refractivity contribution in [3.8, 4) is 0 Å². The normalized spacial score (nSPS) is 20.8. The third-order valence-electron chi connectivity index (χ3n) is 3.71. The molecule has 0 aromatic carbocycles. The minimum atomic E-state index is -0.799. The number of halogens is 1. The predicted molar refractivity (Wildman–Crippen MR) is 79.3 cm³/mol. The van der Waals surface area contributed by atoms with Crippen LogP contribution in [0.3, 0.4) is 0 Å². The molecule has 1 aromatic heterocycles. The molecule has 1 saturated heterocycles. The van der Waals surface area contributed by atoms with Crippen LogP contribution in [-0.4, -0.2) is 46.0 Å². The molecule has 2 rings (SSSR count). The third-order valence-corrected chi connectivity index (χ3v) is 3.93. The number of piperidine rings is 1. The van der Waals surface area contributed by atoms with E-state index in [2.05, 4.69) is 10.3 Å². The summed E-state index contributed by atoms with van der Waals surface area (Å²) in [5.41, 5.74) is 0. The molecule has 2 heterocycles. The van der Waals surface area contributed by atoms with Crippen LogP contribution in [0.1, 0.15) is 19.8 Å². The van der Waals surface area contributed by atoms with E-state index >= 15 is 0 Å². The van der Waals surface area contributed by atoms with E-state index in [9.17, 15) is 9.59 Å². The van der Waals surface area contributed by atoms with Crippen LogP contribution < -0.4 is 5.32 Å². The summed E-state index contributed by atoms with van der Waals surface area (Å²) in [7, 11) is 0. The number of anilines is 1. The lowest BCUT2D eigenvalue weighted by molar-refractivity contribution is -0.144. The first-order valence-electron chi connectivity index (χ1n) is 6.86. The number of nitrogens with one attached hydrogen (secondary N) is 1. The van der Waals surface area contributed by atoms with E-state index in [4.69, 9.17) is 16.7 Å². The van der Waals surface area contributed by atoms with Crippen LogP contribution in [0.4, 0.5) is 5.82 Å². The molecule has 1 fully saturated rings. The van der Waals surface area contributed by atoms with E-state index in [1.807, 2.05) is 4.90 Å². The minimum Gasteiger partial charge on any atom is -0.481 e. The lowest BCUT2D eigenvalue weighted by Gasteiger charge is -2.34. The monoisotopic (exact) mass is 311 g/mol. The Labute approximate surface area is 128 Å². The molecule has 0 saturated carbocycles. The second-order valence-corrected chi connectivity index (χ2v) is 5.64. The van der Waals surface area contributed by atoms with E-state index in [1.54, 1.807) is 19.1 Å². The summed E-state index contributed by atoms with van der Waals surface area (Å²) in [6.07, 6.45) is 2.91. The number of aliphatic carboxylic acids is 1. The molecule has 2 N–H and O–H groups in total. The van der Waals surface area contributed by atoms with Crippen molar-refractivity contribution in [2.75, 3.05) is 18.4 Å². The zero-order valence-electron chi connectivity index (χ0n) is 11.8. The van der Waals surface area contributed by atoms with Gasteiger partial charge in [0.25, 0.3) is 0 Å². The Hall–Kier alpha value is -1.66. The van der Waals surface area contributed by atoms with Crippen molar-refractivity contribution in [1.29, 1.82) is 0 Å². The highest BCUT2D eigenvalue weighted by atomic mass is 35.5. The molecule has 0 radical (unpaired) electrons. The minimum absolute atomic E-state index is 0.198. The number of hydrogen-bond donors (Lipinski definition) is 2. The highest BCUT2D eigenvalue weighted by Crippen LogP contribution is 2.19. The second-order valence-electron chi connectivity index (χ2n) is 5.20. The van der Waals surface area contributed by atoms with Gasteiger partial charge in [-0.1, -0.05) is 11.6 Å². The average Bonchev–Trinajstić information content (AvgIpc) is 2.49. The Morgan fingerprint density at radius 3 is 2.90 bits per heavy atom. The highest BCUT2D eigenvalue weighted by Gasteiger charge is 2.30. The number of carboxylic acid groups (broad SMARTS) is 1. The van der Waals surface area contributed by atoms with Gasteiger partial charge in [-0.05, 0) is 38.4 Å². The smallest absolute Gasteiger partial charge is 0.307 e. The number of carboxylic acids is 1. The summed E-state index contributed by atoms with van der Waals surface area (Å²) >= 11 is 5.74. The van der Waals surface area contributed by atoms with Gasteiger partial charge >= 0.3 is 5.97 Å². The molecule has 1 aliphatic rings. The number of carbonyl (C=O) groups excluding carboxylic acids is 1. The van der Waals surface area contributed by atoms with E-state index in [0.717, 1.165) is 13.0 Å². The van der Waals surface area contributed by atoms with Gasteiger partial charge in [0.1, 0.15) is 5.82 Å². The van der Waals surface area contributed by atoms with Crippen LogP contribution in [0.25, 0.3) is 0 Å². The van der Waals surface area contributed by atoms with Crippen molar-refractivity contribution in [1.82, 2.24) is 9.88 Å². The maximum absolute atomic E-state index is 12.2. The first kappa shape index (κ1) is 15.7. The fourth-order valence-electron chi connectivity index (χ4n) is 2.41. The number of amides is 1. The number of hydrogen-bond acceptors (Lipinski definition) is 4. The second kappa shape index (κ2) is 6.87. The average molecular weight is 312 g/mol. The SMILES string of the molecule is CC(C(=O)Nc1ccc(Cl)cn1)N1CCCC(C(=O)O)C1. The lowest BCUT2D eigenvalue weighted by atomic mass is 9.97. The molecule has 1 amide bonds. The van der Waals surface area contributed by atoms with Gasteiger partial charge in [-0.2, -0.15) is 0 Å². The van der Waals surface area contributed by atoms with Crippen molar-refractivity contribution >= 4 is 29.3 Å². The zero-order chi connectivity index (χ0) is 15.4. The molecule has 0 bridgehead atoms. The van der Waals surface area contributed by atoms with Crippen LogP contribution in [0.2, 0.25) is 5.02 Å². The Bertz CT molecular complexity index is 521. The van der Waals surface area contributed by atoms with Gasteiger partial charge in [0, 0.05) is 12.7 Å². The van der Waals surface area contributed by atoms with Crippen LogP contribution in [-0.2, 0) is 9.59 Å². The zero-order valence-corrected chi connectivity index (χ0v) is 12.5. The standard InChI is InChI=1S/C14H18ClN3O3/c1-9(18-6-2-3-10(8-18)14(20)21)13(19)17-12-5-4-11(15)7-16-12/h4-5,7,9-10H,2-3,6,8H2,1H3,(H,20,21)(H,16,17,19). The predicted octanol–water partition coefficient (Wildman–Crippen LogP) is 1.86. The highest BCUT2D eigenvalue weighted by molar-refractivity contribution is 6.30. The van der Waals surface area contributed by atoms with Crippen molar-refractivity contribution < 1.29 is 14.7 Å². The quantitative estimate of drug-likeness (QED) is 0.887. The first-order chi connectivity index (χ1) is 9.97. The van der Waals surface area contributed by atoms with Crippen molar-refractivity contribution in [2.45, 2.75) is 25.8 Å². The third kappa shape index (κ3) is 4.15. The van der Waals surface area contributed by atoms with Gasteiger partial charge in [0.05, 0.1) is 17.0 Å². The molecule has 6 nitrogen and oxygen atoms in total. The Morgan fingerprint density at radius 1 is 1.52 bits per heavy atom. The van der Waals surface area contributed by atoms with E-state index in [1.165, 1.54) is 6.20 Å². The van der Waals surface area contributed by atoms with E-state index in [-0.39, 0.29) is 5.91 Å². The van der Waals surface area contributed by atoms with Crippen molar-refractivity contribution in [3.63, 3.8) is 0 Å². The molecular weight excluding hydrogens is 294 g/mol. The Morgan fingerprint density at radius 2 is 2.29 bits per heavy atom. The number of likely N-dealkylation sites (tertiary alicyclic amines) is 1. The molecule has 1 aliphatic heterocycles. The molecule has 0 spiro atoms.